The third-order valence-corrected chi connectivity index (χ3v) is 3.95. The number of rotatable bonds is 7. The first-order chi connectivity index (χ1) is 8.65. The number of amides is 1. The molecule has 1 atom stereocenters. The third-order valence-electron chi connectivity index (χ3n) is 2.68. The molecule has 18 heavy (non-hydrogen) atoms. The molecular formula is C14H22N2OS. The van der Waals surface area contributed by atoms with Crippen LogP contribution >= 0.6 is 11.8 Å². The molecular weight excluding hydrogens is 244 g/mol. The number of benzene rings is 1. The molecule has 1 amide bonds. The third kappa shape index (κ3) is 5.56. The SMILES string of the molecule is CCc1ccc(NC(=O)CSCC(C)CN)cc1. The summed E-state index contributed by atoms with van der Waals surface area (Å²) in [5, 5.41) is 2.89. The Balaban J connectivity index is 2.30. The lowest BCUT2D eigenvalue weighted by Gasteiger charge is -2.08. The zero-order valence-electron chi connectivity index (χ0n) is 11.1. The van der Waals surface area contributed by atoms with Crippen LogP contribution in [0.3, 0.4) is 0 Å². The van der Waals surface area contributed by atoms with E-state index >= 15 is 0 Å². The summed E-state index contributed by atoms with van der Waals surface area (Å²) in [5.41, 5.74) is 7.67. The van der Waals surface area contributed by atoms with Crippen LogP contribution in [0.5, 0.6) is 0 Å². The predicted octanol–water partition coefficient (Wildman–Crippen LogP) is 2.52. The Morgan fingerprint density at radius 3 is 2.61 bits per heavy atom. The van der Waals surface area contributed by atoms with Crippen LogP contribution in [0.2, 0.25) is 0 Å². The standard InChI is InChI=1S/C14H22N2OS/c1-3-12-4-6-13(7-5-12)16-14(17)10-18-9-11(2)8-15/h4-7,11H,3,8-10,15H2,1-2H3,(H,16,17). The number of hydrogen-bond donors (Lipinski definition) is 2. The summed E-state index contributed by atoms with van der Waals surface area (Å²) in [7, 11) is 0. The number of hydrogen-bond acceptors (Lipinski definition) is 3. The predicted molar refractivity (Wildman–Crippen MR) is 80.0 cm³/mol. The molecule has 0 aliphatic rings. The second-order valence-corrected chi connectivity index (χ2v) is 5.48. The van der Waals surface area contributed by atoms with Crippen molar-refractivity contribution >= 4 is 23.4 Å². The van der Waals surface area contributed by atoms with Gasteiger partial charge in [-0.2, -0.15) is 11.8 Å². The second kappa shape index (κ2) is 8.16. The molecule has 0 saturated heterocycles. The molecule has 0 aliphatic carbocycles. The van der Waals surface area contributed by atoms with Crippen LogP contribution < -0.4 is 11.1 Å². The largest absolute Gasteiger partial charge is 0.330 e. The summed E-state index contributed by atoms with van der Waals surface area (Å²) < 4.78 is 0. The molecule has 3 nitrogen and oxygen atoms in total. The Kier molecular flexibility index (Phi) is 6.83. The van der Waals surface area contributed by atoms with E-state index in [4.69, 9.17) is 5.73 Å². The fourth-order valence-electron chi connectivity index (χ4n) is 1.44. The summed E-state index contributed by atoms with van der Waals surface area (Å²) in [6, 6.07) is 7.98. The molecule has 0 aliphatic heterocycles. The highest BCUT2D eigenvalue weighted by atomic mass is 32.2. The smallest absolute Gasteiger partial charge is 0.234 e. The van der Waals surface area contributed by atoms with Crippen LogP contribution in [0.4, 0.5) is 5.69 Å². The second-order valence-electron chi connectivity index (χ2n) is 4.45. The quantitative estimate of drug-likeness (QED) is 0.797. The lowest BCUT2D eigenvalue weighted by molar-refractivity contribution is -0.113. The molecule has 1 aromatic carbocycles. The topological polar surface area (TPSA) is 55.1 Å². The van der Waals surface area contributed by atoms with Crippen molar-refractivity contribution in [2.75, 3.05) is 23.4 Å². The molecule has 1 rings (SSSR count). The van der Waals surface area contributed by atoms with Gasteiger partial charge in [-0.3, -0.25) is 4.79 Å². The normalized spacial score (nSPS) is 12.2. The van der Waals surface area contributed by atoms with E-state index in [1.54, 1.807) is 11.8 Å². The zero-order chi connectivity index (χ0) is 13.4. The number of thioether (sulfide) groups is 1. The number of carbonyl (C=O) groups excluding carboxylic acids is 1. The van der Waals surface area contributed by atoms with Gasteiger partial charge in [0.1, 0.15) is 0 Å². The van der Waals surface area contributed by atoms with Gasteiger partial charge in [0, 0.05) is 5.69 Å². The maximum absolute atomic E-state index is 11.7. The molecule has 100 valence electrons. The average molecular weight is 266 g/mol. The molecule has 0 radical (unpaired) electrons. The number of nitrogens with two attached hydrogens (primary N) is 1. The minimum atomic E-state index is 0.0495. The highest BCUT2D eigenvalue weighted by Crippen LogP contribution is 2.12. The number of nitrogens with one attached hydrogen (secondary N) is 1. The molecule has 1 unspecified atom stereocenters. The van der Waals surface area contributed by atoms with Gasteiger partial charge in [-0.15, -0.1) is 0 Å². The van der Waals surface area contributed by atoms with E-state index < -0.39 is 0 Å². The van der Waals surface area contributed by atoms with Crippen molar-refractivity contribution < 1.29 is 4.79 Å². The first-order valence-corrected chi connectivity index (χ1v) is 7.47. The van der Waals surface area contributed by atoms with Gasteiger partial charge in [0.2, 0.25) is 5.91 Å². The zero-order valence-corrected chi connectivity index (χ0v) is 11.9. The van der Waals surface area contributed by atoms with Crippen molar-refractivity contribution in [2.24, 2.45) is 11.7 Å². The summed E-state index contributed by atoms with van der Waals surface area (Å²) >= 11 is 1.63. The first-order valence-electron chi connectivity index (χ1n) is 6.32. The highest BCUT2D eigenvalue weighted by Gasteiger charge is 2.04. The Labute approximate surface area is 114 Å². The van der Waals surface area contributed by atoms with Crippen LogP contribution in [0, 0.1) is 5.92 Å². The van der Waals surface area contributed by atoms with Crippen LogP contribution in [0.15, 0.2) is 24.3 Å². The molecule has 3 N–H and O–H groups in total. The van der Waals surface area contributed by atoms with Gasteiger partial charge in [-0.1, -0.05) is 26.0 Å². The van der Waals surface area contributed by atoms with Crippen LogP contribution in [-0.2, 0) is 11.2 Å². The summed E-state index contributed by atoms with van der Waals surface area (Å²) in [6.07, 6.45) is 1.01. The van der Waals surface area contributed by atoms with Crippen molar-refractivity contribution in [3.63, 3.8) is 0 Å². The maximum atomic E-state index is 11.7. The van der Waals surface area contributed by atoms with E-state index in [1.807, 2.05) is 24.3 Å². The minimum Gasteiger partial charge on any atom is -0.330 e. The van der Waals surface area contributed by atoms with E-state index in [1.165, 1.54) is 5.56 Å². The Hall–Kier alpha value is -1.00. The lowest BCUT2D eigenvalue weighted by atomic mass is 10.1. The van der Waals surface area contributed by atoms with Crippen molar-refractivity contribution in [1.82, 2.24) is 0 Å². The van der Waals surface area contributed by atoms with Gasteiger partial charge in [-0.25, -0.2) is 0 Å². The van der Waals surface area contributed by atoms with Crippen LogP contribution in [0.1, 0.15) is 19.4 Å². The molecule has 1 aromatic rings. The summed E-state index contributed by atoms with van der Waals surface area (Å²) in [5.74, 6) is 1.93. The van der Waals surface area contributed by atoms with E-state index in [0.717, 1.165) is 17.9 Å². The average Bonchev–Trinajstić information content (AvgIpc) is 2.39. The monoisotopic (exact) mass is 266 g/mol. The van der Waals surface area contributed by atoms with Crippen LogP contribution in [0.25, 0.3) is 0 Å². The van der Waals surface area contributed by atoms with Crippen molar-refractivity contribution in [3.8, 4) is 0 Å². The molecule has 0 fully saturated rings. The van der Waals surface area contributed by atoms with Gasteiger partial charge in [0.05, 0.1) is 5.75 Å². The highest BCUT2D eigenvalue weighted by molar-refractivity contribution is 7.99. The summed E-state index contributed by atoms with van der Waals surface area (Å²) in [4.78, 5) is 11.7. The molecule has 0 saturated carbocycles. The van der Waals surface area contributed by atoms with Crippen LogP contribution in [-0.4, -0.2) is 24.0 Å². The minimum absolute atomic E-state index is 0.0495. The van der Waals surface area contributed by atoms with Gasteiger partial charge >= 0.3 is 0 Å². The van der Waals surface area contributed by atoms with Gasteiger partial charge in [-0.05, 0) is 42.3 Å². The molecule has 0 spiro atoms. The fraction of sp³-hybridized carbons (Fsp3) is 0.500. The van der Waals surface area contributed by atoms with E-state index in [2.05, 4.69) is 19.2 Å². The molecule has 0 bridgehead atoms. The number of anilines is 1. The van der Waals surface area contributed by atoms with Crippen molar-refractivity contribution in [2.45, 2.75) is 20.3 Å². The van der Waals surface area contributed by atoms with Gasteiger partial charge in [0.25, 0.3) is 0 Å². The van der Waals surface area contributed by atoms with E-state index in [9.17, 15) is 4.79 Å². The first kappa shape index (κ1) is 15.1. The van der Waals surface area contributed by atoms with Gasteiger partial charge < -0.3 is 11.1 Å². The lowest BCUT2D eigenvalue weighted by Crippen LogP contribution is -2.17. The van der Waals surface area contributed by atoms with Crippen molar-refractivity contribution in [1.29, 1.82) is 0 Å². The number of aryl methyl sites for hydroxylation is 1. The molecule has 0 heterocycles. The van der Waals surface area contributed by atoms with Crippen molar-refractivity contribution in [3.05, 3.63) is 29.8 Å². The van der Waals surface area contributed by atoms with E-state index in [-0.39, 0.29) is 5.91 Å². The summed E-state index contributed by atoms with van der Waals surface area (Å²) in [6.45, 7) is 4.88. The maximum Gasteiger partial charge on any atom is 0.234 e. The Morgan fingerprint density at radius 1 is 1.39 bits per heavy atom. The Bertz CT molecular complexity index is 365. The fourth-order valence-corrected chi connectivity index (χ4v) is 2.36. The number of carbonyl (C=O) groups is 1. The molecule has 4 heteroatoms. The van der Waals surface area contributed by atoms with Gasteiger partial charge in [0.15, 0.2) is 0 Å². The molecule has 0 aromatic heterocycles. The van der Waals surface area contributed by atoms with E-state index in [0.29, 0.717) is 18.2 Å². The Morgan fingerprint density at radius 2 is 2.06 bits per heavy atom.